The van der Waals surface area contributed by atoms with Gasteiger partial charge in [-0.05, 0) is 31.6 Å². The predicted octanol–water partition coefficient (Wildman–Crippen LogP) is 9.03. The number of alkyl halides is 16. The predicted molar refractivity (Wildman–Crippen MR) is 97.5 cm³/mol. The van der Waals surface area contributed by atoms with E-state index in [1.54, 1.807) is 0 Å². The summed E-state index contributed by atoms with van der Waals surface area (Å²) in [6.07, 6.45) is -16.8. The van der Waals surface area contributed by atoms with Gasteiger partial charge >= 0.3 is 23.7 Å². The van der Waals surface area contributed by atoms with Crippen molar-refractivity contribution in [3.8, 4) is 0 Å². The molecule has 0 heterocycles. The van der Waals surface area contributed by atoms with Crippen molar-refractivity contribution < 1.29 is 70.2 Å². The molecule has 2 rings (SSSR count). The van der Waals surface area contributed by atoms with Crippen molar-refractivity contribution in [2.75, 3.05) is 13.9 Å². The lowest BCUT2D eigenvalue weighted by Gasteiger charge is -2.48. The molecule has 0 aromatic rings. The molecule has 16 heteroatoms. The number of hydrogen-bond donors (Lipinski definition) is 0. The lowest BCUT2D eigenvalue weighted by Crippen LogP contribution is -2.71. The minimum absolute atomic E-state index is 0.0863. The van der Waals surface area contributed by atoms with Gasteiger partial charge in [0.05, 0.1) is 7.18 Å². The van der Waals surface area contributed by atoms with Crippen LogP contribution in [0.4, 0.5) is 70.2 Å². The standard InChI is InChI=1S/C10H13F7.C9H10F8.CH3F/c1-3-6-4-7(2,11)9(14,10(15,16)17)8(12,13)5-6;1-5-2-6(11,4-10)8(14,9(15,16)17)7(12,13)3-5;1-2/h6H,3-5H2,1-2H3;5H,2-4H2,1H3;1H3. The van der Waals surface area contributed by atoms with Gasteiger partial charge in [0.25, 0.3) is 11.8 Å². The largest absolute Gasteiger partial charge is 0.431 e. The highest BCUT2D eigenvalue weighted by atomic mass is 19.4. The van der Waals surface area contributed by atoms with Gasteiger partial charge in [-0.3, -0.25) is 4.39 Å². The third kappa shape index (κ3) is 5.51. The second-order valence-electron chi connectivity index (χ2n) is 9.21. The summed E-state index contributed by atoms with van der Waals surface area (Å²) in [5.41, 5.74) is -18.5. The van der Waals surface area contributed by atoms with Crippen molar-refractivity contribution in [3.05, 3.63) is 0 Å². The van der Waals surface area contributed by atoms with Crippen LogP contribution < -0.4 is 0 Å². The van der Waals surface area contributed by atoms with E-state index in [2.05, 4.69) is 0 Å². The van der Waals surface area contributed by atoms with Crippen LogP contribution in [0, 0.1) is 11.8 Å². The van der Waals surface area contributed by atoms with Crippen LogP contribution in [-0.4, -0.2) is 60.7 Å². The van der Waals surface area contributed by atoms with Crippen molar-refractivity contribution in [1.82, 2.24) is 0 Å². The van der Waals surface area contributed by atoms with Gasteiger partial charge in [-0.1, -0.05) is 20.3 Å². The third-order valence-electron chi connectivity index (χ3n) is 6.41. The second-order valence-corrected chi connectivity index (χ2v) is 9.21. The minimum atomic E-state index is -6.17. The lowest BCUT2D eigenvalue weighted by molar-refractivity contribution is -0.360. The first-order valence-electron chi connectivity index (χ1n) is 10.4. The third-order valence-corrected chi connectivity index (χ3v) is 6.41. The van der Waals surface area contributed by atoms with E-state index >= 15 is 0 Å². The molecular formula is C20H26F16. The van der Waals surface area contributed by atoms with E-state index in [9.17, 15) is 70.2 Å². The van der Waals surface area contributed by atoms with E-state index < -0.39 is 91.1 Å². The molecule has 0 aromatic heterocycles. The highest BCUT2D eigenvalue weighted by Gasteiger charge is 2.83. The first-order valence-corrected chi connectivity index (χ1v) is 10.4. The Kier molecular flexibility index (Phi) is 10.2. The van der Waals surface area contributed by atoms with Gasteiger partial charge in [0.1, 0.15) is 6.67 Å². The molecule has 0 amide bonds. The maximum Gasteiger partial charge on any atom is 0.431 e. The van der Waals surface area contributed by atoms with E-state index in [0.29, 0.717) is 7.18 Å². The van der Waals surface area contributed by atoms with Gasteiger partial charge < -0.3 is 0 Å². The molecule has 2 saturated carbocycles. The van der Waals surface area contributed by atoms with Crippen LogP contribution in [-0.2, 0) is 0 Å². The van der Waals surface area contributed by atoms with E-state index in [1.807, 2.05) is 0 Å². The smallest absolute Gasteiger partial charge is 0.255 e. The molecule has 2 aliphatic carbocycles. The first kappa shape index (κ1) is 34.9. The molecule has 6 atom stereocenters. The van der Waals surface area contributed by atoms with Crippen LogP contribution in [0.5, 0.6) is 0 Å². The van der Waals surface area contributed by atoms with Crippen LogP contribution in [0.1, 0.15) is 52.9 Å². The van der Waals surface area contributed by atoms with Gasteiger partial charge in [0.15, 0.2) is 11.3 Å². The summed E-state index contributed by atoms with van der Waals surface area (Å²) >= 11 is 0. The zero-order chi connectivity index (χ0) is 29.4. The highest BCUT2D eigenvalue weighted by molar-refractivity contribution is 5.17. The summed E-state index contributed by atoms with van der Waals surface area (Å²) in [4.78, 5) is 0. The summed E-state index contributed by atoms with van der Waals surface area (Å²) in [6, 6.07) is 0. The molecule has 0 saturated heterocycles. The Bertz CT molecular complexity index is 691. The van der Waals surface area contributed by atoms with Crippen LogP contribution in [0.3, 0.4) is 0 Å². The van der Waals surface area contributed by atoms with E-state index in [1.165, 1.54) is 6.92 Å². The summed E-state index contributed by atoms with van der Waals surface area (Å²) < 4.78 is 204. The zero-order valence-corrected chi connectivity index (χ0v) is 19.4. The van der Waals surface area contributed by atoms with Gasteiger partial charge in [-0.25, -0.2) is 39.5 Å². The Labute approximate surface area is 196 Å². The monoisotopic (exact) mass is 570 g/mol. The fourth-order valence-corrected chi connectivity index (χ4v) is 4.71. The summed E-state index contributed by atoms with van der Waals surface area (Å²) in [7, 11) is 0.500. The topological polar surface area (TPSA) is 0 Å². The maximum atomic E-state index is 13.8. The molecule has 0 aromatic carbocycles. The minimum Gasteiger partial charge on any atom is -0.255 e. The maximum absolute atomic E-state index is 13.8. The molecular weight excluding hydrogens is 544 g/mol. The van der Waals surface area contributed by atoms with Gasteiger partial charge in [-0.15, -0.1) is 0 Å². The zero-order valence-electron chi connectivity index (χ0n) is 19.4. The SMILES string of the molecule is CC1CC(F)(F)C(F)(C(F)(F)F)C(F)(CF)C1.CCC1CC(C)(F)C(F)(C(F)(F)F)C(F)(F)C1.CF. The van der Waals surface area contributed by atoms with Crippen LogP contribution in [0.15, 0.2) is 0 Å². The Morgan fingerprint density at radius 3 is 1.36 bits per heavy atom. The first-order chi connectivity index (χ1) is 15.8. The molecule has 0 bridgehead atoms. The second kappa shape index (κ2) is 10.6. The molecule has 6 unspecified atom stereocenters. The average Bonchev–Trinajstić information content (AvgIpc) is 2.69. The number of rotatable bonds is 2. The fraction of sp³-hybridized carbons (Fsp3) is 1.00. The van der Waals surface area contributed by atoms with Gasteiger partial charge in [0, 0.05) is 12.8 Å². The molecule has 218 valence electrons. The number of hydrogen-bond acceptors (Lipinski definition) is 0. The molecule has 0 aliphatic heterocycles. The molecule has 0 spiro atoms. The van der Waals surface area contributed by atoms with Crippen molar-refractivity contribution in [1.29, 1.82) is 0 Å². The van der Waals surface area contributed by atoms with E-state index in [0.717, 1.165) is 6.92 Å². The summed E-state index contributed by atoms with van der Waals surface area (Å²) in [5, 5.41) is 0. The molecule has 0 nitrogen and oxygen atoms in total. The molecule has 0 N–H and O–H groups in total. The summed E-state index contributed by atoms with van der Waals surface area (Å²) in [6.45, 7) is 0.294. The van der Waals surface area contributed by atoms with Gasteiger partial charge in [-0.2, -0.15) is 26.3 Å². The lowest BCUT2D eigenvalue weighted by atomic mass is 9.67. The molecule has 2 aliphatic rings. The van der Waals surface area contributed by atoms with Gasteiger partial charge in [0.2, 0.25) is 0 Å². The van der Waals surface area contributed by atoms with Crippen LogP contribution in [0.25, 0.3) is 0 Å². The average molecular weight is 570 g/mol. The Morgan fingerprint density at radius 1 is 0.667 bits per heavy atom. The van der Waals surface area contributed by atoms with Crippen LogP contribution in [0.2, 0.25) is 0 Å². The summed E-state index contributed by atoms with van der Waals surface area (Å²) in [5.74, 6) is -11.9. The Balaban J connectivity index is 0.000000637. The molecule has 2 fully saturated rings. The Hall–Kier alpha value is -1.12. The van der Waals surface area contributed by atoms with Crippen molar-refractivity contribution in [2.24, 2.45) is 11.8 Å². The van der Waals surface area contributed by atoms with Crippen molar-refractivity contribution in [3.63, 3.8) is 0 Å². The fourth-order valence-electron chi connectivity index (χ4n) is 4.71. The molecule has 36 heavy (non-hydrogen) atoms. The van der Waals surface area contributed by atoms with Crippen molar-refractivity contribution in [2.45, 2.75) is 99.7 Å². The van der Waals surface area contributed by atoms with Crippen LogP contribution >= 0.6 is 0 Å². The van der Waals surface area contributed by atoms with E-state index in [-0.39, 0.29) is 13.3 Å². The Morgan fingerprint density at radius 2 is 1.06 bits per heavy atom. The van der Waals surface area contributed by atoms with Crippen molar-refractivity contribution >= 4 is 0 Å². The van der Waals surface area contributed by atoms with E-state index in [4.69, 9.17) is 0 Å². The molecule has 0 radical (unpaired) electrons. The quantitative estimate of drug-likeness (QED) is 0.291. The normalized spacial score (nSPS) is 40.3. The number of halogens is 16. The highest BCUT2D eigenvalue weighted by Crippen LogP contribution is 2.61.